The first kappa shape index (κ1) is 20.4. The van der Waals surface area contributed by atoms with Crippen molar-refractivity contribution in [3.05, 3.63) is 64.2 Å². The number of thiazole rings is 1. The number of aliphatic carboxylic acids is 1. The van der Waals surface area contributed by atoms with Crippen molar-refractivity contribution in [3.63, 3.8) is 0 Å². The number of anilines is 1. The normalized spacial score (nSPS) is 14.6. The van der Waals surface area contributed by atoms with Gasteiger partial charge in [-0.3, -0.25) is 14.9 Å². The standard InChI is InChI=1S/C22H17N3O5S/c1-12-11-24-22(31-12)25-20(26)13-2-4-15(5-3-13)30-18-9-19-17(8-14(18)10-23)16(21(27)28)6-7-29-19/h2-5,8-9,11,16H,6-7H2,1H3,(H,27,28)(H,24,25,26). The average molecular weight is 435 g/mol. The van der Waals surface area contributed by atoms with Gasteiger partial charge in [0.25, 0.3) is 5.91 Å². The van der Waals surface area contributed by atoms with E-state index in [0.717, 1.165) is 4.88 Å². The Bertz CT molecular complexity index is 1200. The van der Waals surface area contributed by atoms with Gasteiger partial charge in [-0.05, 0) is 43.7 Å². The summed E-state index contributed by atoms with van der Waals surface area (Å²) in [5.41, 5.74) is 1.10. The van der Waals surface area contributed by atoms with Gasteiger partial charge < -0.3 is 14.6 Å². The minimum Gasteiger partial charge on any atom is -0.493 e. The SMILES string of the molecule is Cc1cnc(NC(=O)c2ccc(Oc3cc4c(cc3C#N)C(C(=O)O)CCO4)cc2)s1. The smallest absolute Gasteiger partial charge is 0.311 e. The van der Waals surface area contributed by atoms with Crippen molar-refractivity contribution in [3.8, 4) is 23.3 Å². The van der Waals surface area contributed by atoms with Gasteiger partial charge in [-0.15, -0.1) is 11.3 Å². The maximum absolute atomic E-state index is 12.3. The number of nitrogens with zero attached hydrogens (tertiary/aromatic N) is 2. The van der Waals surface area contributed by atoms with Crippen LogP contribution in [0.25, 0.3) is 0 Å². The molecule has 0 fully saturated rings. The Morgan fingerprint density at radius 3 is 2.74 bits per heavy atom. The lowest BCUT2D eigenvalue weighted by Gasteiger charge is -2.24. The molecule has 1 unspecified atom stereocenters. The van der Waals surface area contributed by atoms with Crippen LogP contribution in [-0.4, -0.2) is 28.6 Å². The first-order valence-electron chi connectivity index (χ1n) is 9.40. The maximum Gasteiger partial charge on any atom is 0.311 e. The molecule has 0 spiro atoms. The number of carbonyl (C=O) groups excluding carboxylic acids is 1. The Balaban J connectivity index is 1.53. The number of carbonyl (C=O) groups is 2. The van der Waals surface area contributed by atoms with Crippen molar-refractivity contribution in [2.45, 2.75) is 19.3 Å². The highest BCUT2D eigenvalue weighted by Crippen LogP contribution is 2.39. The Hall–Kier alpha value is -3.90. The van der Waals surface area contributed by atoms with Crippen LogP contribution in [0.3, 0.4) is 0 Å². The van der Waals surface area contributed by atoms with Gasteiger partial charge in [0.1, 0.15) is 23.3 Å². The van der Waals surface area contributed by atoms with Gasteiger partial charge in [-0.1, -0.05) is 0 Å². The van der Waals surface area contributed by atoms with Crippen LogP contribution in [0, 0.1) is 18.3 Å². The van der Waals surface area contributed by atoms with Crippen molar-refractivity contribution < 1.29 is 24.2 Å². The molecular formula is C22H17N3O5S. The van der Waals surface area contributed by atoms with Crippen LogP contribution >= 0.6 is 11.3 Å². The summed E-state index contributed by atoms with van der Waals surface area (Å²) in [4.78, 5) is 28.9. The summed E-state index contributed by atoms with van der Waals surface area (Å²) in [5, 5.41) is 22.2. The molecule has 1 aromatic heterocycles. The molecule has 1 amide bonds. The number of carboxylic acid groups (broad SMARTS) is 1. The topological polar surface area (TPSA) is 122 Å². The van der Waals surface area contributed by atoms with E-state index in [2.05, 4.69) is 10.3 Å². The van der Waals surface area contributed by atoms with Crippen molar-refractivity contribution in [1.82, 2.24) is 4.98 Å². The predicted octanol–water partition coefficient (Wildman–Crippen LogP) is 4.32. The molecule has 1 aliphatic heterocycles. The molecule has 156 valence electrons. The van der Waals surface area contributed by atoms with Crippen LogP contribution in [0.15, 0.2) is 42.6 Å². The second kappa shape index (κ2) is 8.45. The quantitative estimate of drug-likeness (QED) is 0.612. The van der Waals surface area contributed by atoms with E-state index < -0.39 is 11.9 Å². The third-order valence-electron chi connectivity index (χ3n) is 4.76. The van der Waals surface area contributed by atoms with Gasteiger partial charge in [0, 0.05) is 28.3 Å². The molecule has 0 aliphatic carbocycles. The number of aromatic nitrogens is 1. The number of aryl methyl sites for hydroxylation is 1. The van der Waals surface area contributed by atoms with Crippen LogP contribution in [0.4, 0.5) is 5.13 Å². The second-order valence-corrected chi connectivity index (χ2v) is 8.12. The number of hydrogen-bond donors (Lipinski definition) is 2. The highest BCUT2D eigenvalue weighted by Gasteiger charge is 2.29. The number of benzene rings is 2. The largest absolute Gasteiger partial charge is 0.493 e. The van der Waals surface area contributed by atoms with Crippen LogP contribution in [-0.2, 0) is 4.79 Å². The summed E-state index contributed by atoms with van der Waals surface area (Å²) in [5.74, 6) is -0.900. The number of carboxylic acids is 1. The third kappa shape index (κ3) is 4.34. The molecule has 0 saturated carbocycles. The van der Waals surface area contributed by atoms with Gasteiger partial charge in [0.05, 0.1) is 18.1 Å². The molecule has 0 bridgehead atoms. The molecule has 1 aliphatic rings. The summed E-state index contributed by atoms with van der Waals surface area (Å²) in [6.07, 6.45) is 2.03. The fourth-order valence-electron chi connectivity index (χ4n) is 3.23. The van der Waals surface area contributed by atoms with Crippen LogP contribution in [0.2, 0.25) is 0 Å². The van der Waals surface area contributed by atoms with Crippen molar-refractivity contribution in [1.29, 1.82) is 5.26 Å². The van der Waals surface area contributed by atoms with E-state index in [1.54, 1.807) is 30.5 Å². The number of fused-ring (bicyclic) bond motifs is 1. The van der Waals surface area contributed by atoms with Crippen molar-refractivity contribution >= 4 is 28.3 Å². The molecule has 31 heavy (non-hydrogen) atoms. The molecule has 2 heterocycles. The monoisotopic (exact) mass is 435 g/mol. The Kier molecular flexibility index (Phi) is 5.56. The van der Waals surface area contributed by atoms with Gasteiger partial charge in [0.2, 0.25) is 0 Å². The van der Waals surface area contributed by atoms with Gasteiger partial charge >= 0.3 is 5.97 Å². The molecule has 9 heteroatoms. The first-order valence-corrected chi connectivity index (χ1v) is 10.2. The molecule has 1 atom stereocenters. The fourth-order valence-corrected chi connectivity index (χ4v) is 3.89. The van der Waals surface area contributed by atoms with Crippen molar-refractivity contribution in [2.75, 3.05) is 11.9 Å². The molecule has 8 nitrogen and oxygen atoms in total. The molecule has 2 N–H and O–H groups in total. The van der Waals surface area contributed by atoms with E-state index in [4.69, 9.17) is 9.47 Å². The molecule has 0 radical (unpaired) electrons. The highest BCUT2D eigenvalue weighted by atomic mass is 32.1. The summed E-state index contributed by atoms with van der Waals surface area (Å²) in [6.45, 7) is 2.18. The summed E-state index contributed by atoms with van der Waals surface area (Å²) < 4.78 is 11.4. The predicted molar refractivity (Wildman–Crippen MR) is 113 cm³/mol. The lowest BCUT2D eigenvalue weighted by molar-refractivity contribution is -0.139. The van der Waals surface area contributed by atoms with E-state index >= 15 is 0 Å². The lowest BCUT2D eigenvalue weighted by atomic mass is 9.91. The average Bonchev–Trinajstić information content (AvgIpc) is 3.17. The zero-order chi connectivity index (χ0) is 22.0. The number of hydrogen-bond acceptors (Lipinski definition) is 7. The maximum atomic E-state index is 12.3. The third-order valence-corrected chi connectivity index (χ3v) is 5.58. The molecular weight excluding hydrogens is 418 g/mol. The molecule has 2 aromatic carbocycles. The fraction of sp³-hybridized carbons (Fsp3) is 0.182. The number of nitrogens with one attached hydrogen (secondary N) is 1. The zero-order valence-electron chi connectivity index (χ0n) is 16.4. The summed E-state index contributed by atoms with van der Waals surface area (Å²) in [7, 11) is 0. The Morgan fingerprint density at radius 2 is 2.10 bits per heavy atom. The molecule has 0 saturated heterocycles. The number of ether oxygens (including phenoxy) is 2. The Labute approximate surface area is 181 Å². The number of nitriles is 1. The molecule has 4 rings (SSSR count). The minimum absolute atomic E-state index is 0.205. The zero-order valence-corrected chi connectivity index (χ0v) is 17.2. The van der Waals surface area contributed by atoms with Crippen molar-refractivity contribution in [2.24, 2.45) is 0 Å². The van der Waals surface area contributed by atoms with E-state index in [1.807, 2.05) is 13.0 Å². The van der Waals surface area contributed by atoms with E-state index in [0.29, 0.717) is 34.2 Å². The van der Waals surface area contributed by atoms with E-state index in [1.165, 1.54) is 23.5 Å². The number of rotatable bonds is 5. The summed E-state index contributed by atoms with van der Waals surface area (Å²) >= 11 is 1.39. The minimum atomic E-state index is -0.955. The van der Waals surface area contributed by atoms with Crippen LogP contribution in [0.5, 0.6) is 17.2 Å². The van der Waals surface area contributed by atoms with Gasteiger partial charge in [0.15, 0.2) is 5.13 Å². The lowest BCUT2D eigenvalue weighted by Crippen LogP contribution is -2.21. The second-order valence-electron chi connectivity index (χ2n) is 6.88. The van der Waals surface area contributed by atoms with E-state index in [9.17, 15) is 20.0 Å². The first-order chi connectivity index (χ1) is 14.9. The number of amides is 1. The summed E-state index contributed by atoms with van der Waals surface area (Å²) in [6, 6.07) is 11.5. The van der Waals surface area contributed by atoms with Crippen LogP contribution in [0.1, 0.15) is 38.7 Å². The molecule has 3 aromatic rings. The van der Waals surface area contributed by atoms with Gasteiger partial charge in [-0.2, -0.15) is 5.26 Å². The van der Waals surface area contributed by atoms with Gasteiger partial charge in [-0.25, -0.2) is 4.98 Å². The highest BCUT2D eigenvalue weighted by molar-refractivity contribution is 7.15. The Morgan fingerprint density at radius 1 is 1.32 bits per heavy atom. The van der Waals surface area contributed by atoms with E-state index in [-0.39, 0.29) is 23.8 Å². The van der Waals surface area contributed by atoms with Crippen LogP contribution < -0.4 is 14.8 Å².